The van der Waals surface area contributed by atoms with Crippen molar-refractivity contribution in [3.63, 3.8) is 0 Å². The molecule has 0 aliphatic rings. The Morgan fingerprint density at radius 3 is 3.00 bits per heavy atom. The number of para-hydroxylation sites is 2. The van der Waals surface area contributed by atoms with Gasteiger partial charge in [-0.1, -0.05) is 12.1 Å². The smallest absolute Gasteiger partial charge is 0.261 e. The number of benzene rings is 1. The van der Waals surface area contributed by atoms with Crippen molar-refractivity contribution in [2.45, 2.75) is 0 Å². The van der Waals surface area contributed by atoms with Crippen LogP contribution < -0.4 is 5.56 Å². The third-order valence-electron chi connectivity index (χ3n) is 2.95. The van der Waals surface area contributed by atoms with Gasteiger partial charge in [-0.3, -0.25) is 4.79 Å². The first-order valence-electron chi connectivity index (χ1n) is 5.69. The maximum absolute atomic E-state index is 11.6. The molecule has 0 spiro atoms. The zero-order valence-corrected chi connectivity index (χ0v) is 9.66. The minimum atomic E-state index is -0.215. The van der Waals surface area contributed by atoms with Crippen molar-refractivity contribution in [2.24, 2.45) is 0 Å². The van der Waals surface area contributed by atoms with Gasteiger partial charge in [0.05, 0.1) is 23.6 Å². The van der Waals surface area contributed by atoms with E-state index < -0.39 is 0 Å². The molecule has 0 bridgehead atoms. The van der Waals surface area contributed by atoms with Gasteiger partial charge in [0, 0.05) is 0 Å². The highest BCUT2D eigenvalue weighted by Crippen LogP contribution is 2.15. The van der Waals surface area contributed by atoms with Crippen molar-refractivity contribution in [1.82, 2.24) is 29.7 Å². The molecule has 0 radical (unpaired) electrons. The van der Waals surface area contributed by atoms with E-state index in [0.29, 0.717) is 17.0 Å². The second-order valence-corrected chi connectivity index (χ2v) is 4.10. The first kappa shape index (κ1) is 10.0. The molecule has 0 amide bonds. The van der Waals surface area contributed by atoms with E-state index in [1.807, 2.05) is 24.3 Å². The van der Waals surface area contributed by atoms with Crippen molar-refractivity contribution >= 4 is 22.1 Å². The molecule has 7 heteroatoms. The van der Waals surface area contributed by atoms with E-state index in [2.05, 4.69) is 25.0 Å². The standard InChI is InChI=1S/C12H8N6O/c19-11-7-5-15-18(10(7)13-6-14-11)12-16-8-3-1-2-4-9(8)17-12/h1-6H,(H,16,17)(H,13,14,19). The van der Waals surface area contributed by atoms with Gasteiger partial charge < -0.3 is 9.97 Å². The lowest BCUT2D eigenvalue weighted by Crippen LogP contribution is -2.07. The summed E-state index contributed by atoms with van der Waals surface area (Å²) in [6.45, 7) is 0. The molecule has 0 atom stereocenters. The molecule has 0 aliphatic carbocycles. The average molecular weight is 252 g/mol. The van der Waals surface area contributed by atoms with Crippen LogP contribution in [0.3, 0.4) is 0 Å². The predicted octanol–water partition coefficient (Wildman–Crippen LogP) is 0.985. The van der Waals surface area contributed by atoms with Crippen LogP contribution in [0, 0.1) is 0 Å². The molecule has 2 N–H and O–H groups in total. The van der Waals surface area contributed by atoms with Crippen LogP contribution in [0.1, 0.15) is 0 Å². The van der Waals surface area contributed by atoms with Gasteiger partial charge in [0.15, 0.2) is 5.65 Å². The normalized spacial score (nSPS) is 11.4. The molecule has 92 valence electrons. The number of fused-ring (bicyclic) bond motifs is 2. The van der Waals surface area contributed by atoms with Crippen LogP contribution in [-0.4, -0.2) is 29.7 Å². The molecular weight excluding hydrogens is 244 g/mol. The van der Waals surface area contributed by atoms with Crippen LogP contribution in [0.5, 0.6) is 0 Å². The highest BCUT2D eigenvalue weighted by molar-refractivity contribution is 5.78. The Bertz CT molecular complexity index is 914. The van der Waals surface area contributed by atoms with Gasteiger partial charge in [-0.25, -0.2) is 9.97 Å². The average Bonchev–Trinajstić information content (AvgIpc) is 3.02. The first-order valence-corrected chi connectivity index (χ1v) is 5.69. The van der Waals surface area contributed by atoms with Crippen molar-refractivity contribution in [1.29, 1.82) is 0 Å². The Morgan fingerprint density at radius 1 is 1.21 bits per heavy atom. The molecule has 4 rings (SSSR count). The van der Waals surface area contributed by atoms with Gasteiger partial charge >= 0.3 is 0 Å². The molecule has 4 aromatic rings. The number of nitrogens with zero attached hydrogens (tertiary/aromatic N) is 4. The summed E-state index contributed by atoms with van der Waals surface area (Å²) in [6, 6.07) is 7.67. The first-order chi connectivity index (χ1) is 9.33. The lowest BCUT2D eigenvalue weighted by Gasteiger charge is -1.95. The van der Waals surface area contributed by atoms with Gasteiger partial charge in [0.25, 0.3) is 5.56 Å². The molecule has 1 aromatic carbocycles. The van der Waals surface area contributed by atoms with Gasteiger partial charge in [0.1, 0.15) is 5.39 Å². The van der Waals surface area contributed by atoms with Gasteiger partial charge in [0.2, 0.25) is 5.95 Å². The molecule has 0 fully saturated rings. The zero-order chi connectivity index (χ0) is 12.8. The van der Waals surface area contributed by atoms with Crippen molar-refractivity contribution < 1.29 is 0 Å². The summed E-state index contributed by atoms with van der Waals surface area (Å²) < 4.78 is 1.52. The SMILES string of the molecule is O=c1[nH]cnc2c1cnn2-c1nc2ccccc2[nH]1. The molecule has 0 saturated carbocycles. The van der Waals surface area contributed by atoms with Crippen LogP contribution in [0.2, 0.25) is 0 Å². The molecule has 0 aliphatic heterocycles. The third-order valence-corrected chi connectivity index (χ3v) is 2.95. The van der Waals surface area contributed by atoms with Crippen LogP contribution in [-0.2, 0) is 0 Å². The highest BCUT2D eigenvalue weighted by atomic mass is 16.1. The fraction of sp³-hybridized carbons (Fsp3) is 0. The Balaban J connectivity index is 2.04. The summed E-state index contributed by atoms with van der Waals surface area (Å²) in [5.41, 5.74) is 2.01. The summed E-state index contributed by atoms with van der Waals surface area (Å²) in [4.78, 5) is 25.8. The van der Waals surface area contributed by atoms with Crippen molar-refractivity contribution in [2.75, 3.05) is 0 Å². The van der Waals surface area contributed by atoms with E-state index in [1.54, 1.807) is 0 Å². The molecule has 0 saturated heterocycles. The van der Waals surface area contributed by atoms with Gasteiger partial charge in [-0.05, 0) is 12.1 Å². The number of H-pyrrole nitrogens is 2. The minimum absolute atomic E-state index is 0.215. The summed E-state index contributed by atoms with van der Waals surface area (Å²) in [5, 5.41) is 4.60. The second-order valence-electron chi connectivity index (χ2n) is 4.10. The second kappa shape index (κ2) is 3.52. The third kappa shape index (κ3) is 1.38. The van der Waals surface area contributed by atoms with Crippen LogP contribution >= 0.6 is 0 Å². The Morgan fingerprint density at radius 2 is 2.11 bits per heavy atom. The summed E-state index contributed by atoms with van der Waals surface area (Å²) in [5.74, 6) is 0.536. The summed E-state index contributed by atoms with van der Waals surface area (Å²) in [6.07, 6.45) is 2.83. The topological polar surface area (TPSA) is 92.2 Å². The van der Waals surface area contributed by atoms with E-state index in [4.69, 9.17) is 0 Å². The number of nitrogens with one attached hydrogen (secondary N) is 2. The molecule has 7 nitrogen and oxygen atoms in total. The Kier molecular flexibility index (Phi) is 1.85. The van der Waals surface area contributed by atoms with Crippen LogP contribution in [0.25, 0.3) is 28.0 Å². The molecule has 3 heterocycles. The molecular formula is C12H8N6O. The van der Waals surface area contributed by atoms with E-state index in [9.17, 15) is 4.79 Å². The van der Waals surface area contributed by atoms with Crippen LogP contribution in [0.4, 0.5) is 0 Å². The summed E-state index contributed by atoms with van der Waals surface area (Å²) >= 11 is 0. The fourth-order valence-electron chi connectivity index (χ4n) is 2.05. The molecule has 19 heavy (non-hydrogen) atoms. The monoisotopic (exact) mass is 252 g/mol. The lowest BCUT2D eigenvalue weighted by molar-refractivity contribution is 0.843. The van der Waals surface area contributed by atoms with Gasteiger partial charge in [-0.2, -0.15) is 9.78 Å². The molecule has 0 unspecified atom stereocenters. The van der Waals surface area contributed by atoms with E-state index in [0.717, 1.165) is 11.0 Å². The Hall–Kier alpha value is -2.96. The van der Waals surface area contributed by atoms with Crippen LogP contribution in [0.15, 0.2) is 41.6 Å². The zero-order valence-electron chi connectivity index (χ0n) is 9.66. The lowest BCUT2D eigenvalue weighted by atomic mass is 10.3. The summed E-state index contributed by atoms with van der Waals surface area (Å²) in [7, 11) is 0. The van der Waals surface area contributed by atoms with E-state index in [1.165, 1.54) is 17.2 Å². The molecule has 3 aromatic heterocycles. The maximum Gasteiger partial charge on any atom is 0.261 e. The number of imidazole rings is 1. The van der Waals surface area contributed by atoms with Crippen molar-refractivity contribution in [3.05, 3.63) is 47.1 Å². The number of rotatable bonds is 1. The number of hydrogen-bond donors (Lipinski definition) is 2. The fourth-order valence-corrected chi connectivity index (χ4v) is 2.05. The van der Waals surface area contributed by atoms with E-state index in [-0.39, 0.29) is 5.56 Å². The predicted molar refractivity (Wildman–Crippen MR) is 69.1 cm³/mol. The number of aromatic amines is 2. The highest BCUT2D eigenvalue weighted by Gasteiger charge is 2.11. The quantitative estimate of drug-likeness (QED) is 0.528. The van der Waals surface area contributed by atoms with Crippen molar-refractivity contribution in [3.8, 4) is 5.95 Å². The minimum Gasteiger partial charge on any atom is -0.322 e. The maximum atomic E-state index is 11.6. The number of hydrogen-bond acceptors (Lipinski definition) is 4. The van der Waals surface area contributed by atoms with Gasteiger partial charge in [-0.15, -0.1) is 0 Å². The Labute approximate surface area is 105 Å². The largest absolute Gasteiger partial charge is 0.322 e. The van der Waals surface area contributed by atoms with E-state index >= 15 is 0 Å². The number of aromatic nitrogens is 6.